The Hall–Kier alpha value is -2.79. The van der Waals surface area contributed by atoms with Gasteiger partial charge in [-0.3, -0.25) is 24.2 Å². The van der Waals surface area contributed by atoms with Gasteiger partial charge >= 0.3 is 12.1 Å². The summed E-state index contributed by atoms with van der Waals surface area (Å²) < 4.78 is 38.5. The maximum Gasteiger partial charge on any atom is 0.451 e. The Bertz CT molecular complexity index is 844. The maximum atomic E-state index is 12.8. The minimum atomic E-state index is -4.68. The van der Waals surface area contributed by atoms with Crippen molar-refractivity contribution in [3.05, 3.63) is 0 Å². The number of carbonyl (C=O) groups excluding carboxylic acids is 3. The van der Waals surface area contributed by atoms with Crippen LogP contribution in [0.25, 0.3) is 0 Å². The lowest BCUT2D eigenvalue weighted by Crippen LogP contribution is -2.49. The van der Waals surface area contributed by atoms with Crippen LogP contribution in [0.2, 0.25) is 0 Å². The molecule has 0 bridgehead atoms. The van der Waals surface area contributed by atoms with Crippen LogP contribution in [0.4, 0.5) is 13.2 Å². The van der Waals surface area contributed by atoms with Crippen LogP contribution in [0.3, 0.4) is 0 Å². The summed E-state index contributed by atoms with van der Waals surface area (Å²) in [6.07, 6.45) is 5.11. The third-order valence-corrected chi connectivity index (χ3v) is 6.22. The monoisotopic (exact) mass is 516 g/mol. The summed E-state index contributed by atoms with van der Waals surface area (Å²) in [5, 5.41) is 13.7. The van der Waals surface area contributed by atoms with E-state index in [0.29, 0.717) is 19.3 Å². The summed E-state index contributed by atoms with van der Waals surface area (Å²) in [4.78, 5) is 54.1. The number of aliphatic imine (C=N–C) groups is 2. The SMILES string of the molecule is O=C(O)CCCCCCCCCCCC(=O)[C@H](C[C@H]1C=NC(C(F)(F)F)=N1)NC(=O)[C@@H]1CCC(=O)N1. The Balaban J connectivity index is 1.75. The lowest BCUT2D eigenvalue weighted by molar-refractivity contribution is -0.137. The quantitative estimate of drug-likeness (QED) is 0.254. The first-order valence-electron chi connectivity index (χ1n) is 12.6. The molecular weight excluding hydrogens is 481 g/mol. The van der Waals surface area contributed by atoms with Crippen molar-refractivity contribution < 1.29 is 37.5 Å². The largest absolute Gasteiger partial charge is 0.481 e. The van der Waals surface area contributed by atoms with E-state index in [1.807, 2.05) is 0 Å². The molecule has 2 aliphatic heterocycles. The van der Waals surface area contributed by atoms with Gasteiger partial charge in [-0.2, -0.15) is 13.2 Å². The molecule has 0 aliphatic carbocycles. The van der Waals surface area contributed by atoms with E-state index in [1.165, 1.54) is 0 Å². The number of amidine groups is 1. The molecule has 0 spiro atoms. The van der Waals surface area contributed by atoms with Crippen molar-refractivity contribution in [2.45, 2.75) is 114 Å². The molecule has 36 heavy (non-hydrogen) atoms. The van der Waals surface area contributed by atoms with Gasteiger partial charge in [0.2, 0.25) is 17.6 Å². The molecule has 3 N–H and O–H groups in total. The second-order valence-corrected chi connectivity index (χ2v) is 9.29. The van der Waals surface area contributed by atoms with Gasteiger partial charge in [0.05, 0.1) is 12.1 Å². The first-order valence-corrected chi connectivity index (χ1v) is 12.6. The Labute approximate surface area is 208 Å². The van der Waals surface area contributed by atoms with Crippen molar-refractivity contribution in [3.63, 3.8) is 0 Å². The summed E-state index contributed by atoms with van der Waals surface area (Å²) in [7, 11) is 0. The van der Waals surface area contributed by atoms with E-state index >= 15 is 0 Å². The zero-order valence-electron chi connectivity index (χ0n) is 20.3. The van der Waals surface area contributed by atoms with Gasteiger partial charge in [0, 0.05) is 31.9 Å². The van der Waals surface area contributed by atoms with Crippen LogP contribution in [-0.2, 0) is 19.2 Å². The number of hydrogen-bond acceptors (Lipinski definition) is 6. The van der Waals surface area contributed by atoms with Gasteiger partial charge in [-0.1, -0.05) is 44.9 Å². The number of Topliss-reactive ketones (excluding diaryl/α,β-unsaturated/α-hetero) is 1. The Morgan fingerprint density at radius 2 is 1.61 bits per heavy atom. The van der Waals surface area contributed by atoms with Crippen LogP contribution < -0.4 is 10.6 Å². The van der Waals surface area contributed by atoms with Gasteiger partial charge in [-0.15, -0.1) is 0 Å². The zero-order chi connectivity index (χ0) is 26.6. The molecule has 2 aliphatic rings. The van der Waals surface area contributed by atoms with Crippen LogP contribution in [0.1, 0.15) is 89.9 Å². The molecule has 3 atom stereocenters. The molecule has 202 valence electrons. The van der Waals surface area contributed by atoms with E-state index in [-0.39, 0.29) is 37.4 Å². The fourth-order valence-corrected chi connectivity index (χ4v) is 4.22. The number of ketones is 1. The molecule has 2 rings (SSSR count). The highest BCUT2D eigenvalue weighted by Gasteiger charge is 2.39. The average Bonchev–Trinajstić information content (AvgIpc) is 3.45. The lowest BCUT2D eigenvalue weighted by Gasteiger charge is -2.21. The number of halogens is 3. The van der Waals surface area contributed by atoms with Crippen molar-refractivity contribution in [2.24, 2.45) is 9.98 Å². The second kappa shape index (κ2) is 14.7. The molecule has 0 unspecified atom stereocenters. The number of rotatable bonds is 17. The second-order valence-electron chi connectivity index (χ2n) is 9.29. The highest BCUT2D eigenvalue weighted by atomic mass is 19.4. The Morgan fingerprint density at radius 3 is 2.11 bits per heavy atom. The topological polar surface area (TPSA) is 137 Å². The average molecular weight is 517 g/mol. The van der Waals surface area contributed by atoms with Crippen LogP contribution in [0.15, 0.2) is 9.98 Å². The number of carboxylic acid groups (broad SMARTS) is 1. The van der Waals surface area contributed by atoms with Crippen molar-refractivity contribution in [1.82, 2.24) is 10.6 Å². The number of carboxylic acids is 1. The van der Waals surface area contributed by atoms with E-state index < -0.39 is 42.0 Å². The van der Waals surface area contributed by atoms with Crippen molar-refractivity contribution in [3.8, 4) is 0 Å². The van der Waals surface area contributed by atoms with E-state index in [4.69, 9.17) is 5.11 Å². The number of nitrogens with one attached hydrogen (secondary N) is 2. The van der Waals surface area contributed by atoms with Gasteiger partial charge < -0.3 is 15.7 Å². The minimum Gasteiger partial charge on any atom is -0.481 e. The zero-order valence-corrected chi connectivity index (χ0v) is 20.3. The molecule has 0 aromatic heterocycles. The van der Waals surface area contributed by atoms with Crippen molar-refractivity contribution in [1.29, 1.82) is 0 Å². The number of nitrogens with zero attached hydrogens (tertiary/aromatic N) is 2. The predicted octanol–water partition coefficient (Wildman–Crippen LogP) is 3.50. The van der Waals surface area contributed by atoms with Gasteiger partial charge in [0.15, 0.2) is 5.78 Å². The van der Waals surface area contributed by atoms with Gasteiger partial charge in [-0.05, 0) is 19.3 Å². The number of unbranched alkanes of at least 4 members (excludes halogenated alkanes) is 8. The Kier molecular flexibility index (Phi) is 12.0. The summed E-state index contributed by atoms with van der Waals surface area (Å²) in [5.74, 6) is -3.10. The van der Waals surface area contributed by atoms with E-state index in [0.717, 1.165) is 51.2 Å². The van der Waals surface area contributed by atoms with E-state index in [1.54, 1.807) is 0 Å². The first kappa shape index (κ1) is 29.4. The summed E-state index contributed by atoms with van der Waals surface area (Å²) in [6, 6.07) is -2.75. The molecule has 0 saturated carbocycles. The molecule has 9 nitrogen and oxygen atoms in total. The molecular formula is C24H35F3N4O5. The van der Waals surface area contributed by atoms with Crippen LogP contribution in [0, 0.1) is 0 Å². The molecule has 0 aromatic carbocycles. The van der Waals surface area contributed by atoms with Gasteiger partial charge in [0.25, 0.3) is 0 Å². The van der Waals surface area contributed by atoms with Crippen LogP contribution >= 0.6 is 0 Å². The standard InChI is InChI=1S/C24H35F3N4O5/c25-24(26,27)23-28-15-16(29-23)14-18(31-22(36)17-12-13-20(33)30-17)19(32)10-8-6-4-2-1-3-5-7-9-11-21(34)35/h15-18H,1-14H2,(H,30,33)(H,31,36)(H,34,35)/t16-,17-,18-/m0/s1. The minimum absolute atomic E-state index is 0.129. The van der Waals surface area contributed by atoms with E-state index in [9.17, 15) is 32.3 Å². The fraction of sp³-hybridized carbons (Fsp3) is 0.750. The smallest absolute Gasteiger partial charge is 0.451 e. The highest BCUT2D eigenvalue weighted by molar-refractivity contribution is 6.00. The molecule has 2 heterocycles. The third-order valence-electron chi connectivity index (χ3n) is 6.22. The summed E-state index contributed by atoms with van der Waals surface area (Å²) >= 11 is 0. The maximum absolute atomic E-state index is 12.8. The van der Waals surface area contributed by atoms with Gasteiger partial charge in [-0.25, -0.2) is 4.99 Å². The lowest BCUT2D eigenvalue weighted by atomic mass is 9.98. The van der Waals surface area contributed by atoms with Crippen LogP contribution in [0.5, 0.6) is 0 Å². The first-order chi connectivity index (χ1) is 17.1. The van der Waals surface area contributed by atoms with Crippen molar-refractivity contribution in [2.75, 3.05) is 0 Å². The molecule has 12 heteroatoms. The number of aliphatic carboxylic acids is 1. The number of alkyl halides is 3. The predicted molar refractivity (Wildman–Crippen MR) is 127 cm³/mol. The molecule has 0 aromatic rings. The third kappa shape index (κ3) is 10.9. The fourth-order valence-electron chi connectivity index (χ4n) is 4.22. The molecule has 1 saturated heterocycles. The molecule has 1 fully saturated rings. The number of carbonyl (C=O) groups is 4. The number of hydrogen-bond donors (Lipinski definition) is 3. The Morgan fingerprint density at radius 1 is 1.03 bits per heavy atom. The van der Waals surface area contributed by atoms with Crippen molar-refractivity contribution >= 4 is 35.6 Å². The van der Waals surface area contributed by atoms with E-state index in [2.05, 4.69) is 20.6 Å². The number of amides is 2. The summed E-state index contributed by atoms with van der Waals surface area (Å²) in [6.45, 7) is 0. The normalized spacial score (nSPS) is 20.2. The molecule has 2 amide bonds. The highest BCUT2D eigenvalue weighted by Crippen LogP contribution is 2.23. The molecule has 0 radical (unpaired) electrons. The van der Waals surface area contributed by atoms with Crippen LogP contribution in [-0.4, -0.2) is 65.0 Å². The summed E-state index contributed by atoms with van der Waals surface area (Å²) in [5.41, 5.74) is 0. The van der Waals surface area contributed by atoms with Gasteiger partial charge in [0.1, 0.15) is 6.04 Å².